The van der Waals surface area contributed by atoms with Crippen LogP contribution < -0.4 is 0 Å². The lowest BCUT2D eigenvalue weighted by atomic mass is 10.2. The van der Waals surface area contributed by atoms with Gasteiger partial charge in [-0.3, -0.25) is 4.79 Å². The molecule has 2 aromatic heterocycles. The van der Waals surface area contributed by atoms with Gasteiger partial charge >= 0.3 is 5.97 Å². The van der Waals surface area contributed by atoms with E-state index in [0.29, 0.717) is 29.6 Å². The Morgan fingerprint density at radius 3 is 2.85 bits per heavy atom. The van der Waals surface area contributed by atoms with Gasteiger partial charge in [-0.1, -0.05) is 11.8 Å². The Balaban J connectivity index is 1.63. The van der Waals surface area contributed by atoms with E-state index in [4.69, 9.17) is 9.15 Å². The van der Waals surface area contributed by atoms with E-state index in [2.05, 4.69) is 15.2 Å². The molecule has 1 aromatic carbocycles. The molecule has 3 rings (SSSR count). The fraction of sp³-hybridized carbons (Fsp3) is 0.294. The second kappa shape index (κ2) is 8.41. The molecule has 1 atom stereocenters. The minimum atomic E-state index is -0.320. The summed E-state index contributed by atoms with van der Waals surface area (Å²) in [6, 6.07) is 5.87. The highest BCUT2D eigenvalue weighted by Crippen LogP contribution is 2.36. The van der Waals surface area contributed by atoms with Gasteiger partial charge in [0.15, 0.2) is 4.34 Å². The van der Waals surface area contributed by atoms with E-state index in [-0.39, 0.29) is 23.5 Å². The van der Waals surface area contributed by atoms with Gasteiger partial charge in [-0.15, -0.1) is 21.5 Å². The standard InChI is InChI=1S/C17H16FN3O3S2/c1-3-23-14(22)8-13-9-25-17(19-13)26-10(2)15-20-21-16(24-15)11-4-6-12(18)7-5-11/h4-7,9-10H,3,8H2,1-2H3/t10-/m0/s1. The molecule has 0 aliphatic rings. The zero-order chi connectivity index (χ0) is 18.5. The third-order valence-corrected chi connectivity index (χ3v) is 5.43. The third-order valence-electron chi connectivity index (χ3n) is 3.32. The maximum Gasteiger partial charge on any atom is 0.311 e. The van der Waals surface area contributed by atoms with Gasteiger partial charge in [-0.25, -0.2) is 9.37 Å². The molecule has 0 fully saturated rings. The van der Waals surface area contributed by atoms with Crippen molar-refractivity contribution in [1.82, 2.24) is 15.2 Å². The van der Waals surface area contributed by atoms with E-state index in [1.54, 1.807) is 19.1 Å². The van der Waals surface area contributed by atoms with Crippen LogP contribution >= 0.6 is 23.1 Å². The molecular weight excluding hydrogens is 377 g/mol. The highest BCUT2D eigenvalue weighted by atomic mass is 32.2. The SMILES string of the molecule is CCOC(=O)Cc1csc(S[C@@H](C)c2nnc(-c3ccc(F)cc3)o2)n1. The fourth-order valence-electron chi connectivity index (χ4n) is 2.09. The largest absolute Gasteiger partial charge is 0.466 e. The summed E-state index contributed by atoms with van der Waals surface area (Å²) < 4.78 is 24.4. The second-order valence-corrected chi connectivity index (χ2v) is 7.75. The smallest absolute Gasteiger partial charge is 0.311 e. The normalized spacial score (nSPS) is 12.1. The highest BCUT2D eigenvalue weighted by Gasteiger charge is 2.18. The Bertz CT molecular complexity index is 880. The minimum Gasteiger partial charge on any atom is -0.466 e. The van der Waals surface area contributed by atoms with Gasteiger partial charge in [0.05, 0.1) is 24.0 Å². The summed E-state index contributed by atoms with van der Waals surface area (Å²) in [4.78, 5) is 15.9. The van der Waals surface area contributed by atoms with Gasteiger partial charge in [0, 0.05) is 10.9 Å². The molecule has 136 valence electrons. The van der Waals surface area contributed by atoms with Crippen molar-refractivity contribution in [2.24, 2.45) is 0 Å². The molecule has 0 N–H and O–H groups in total. The Morgan fingerprint density at radius 1 is 1.35 bits per heavy atom. The van der Waals surface area contributed by atoms with Crippen molar-refractivity contribution in [2.45, 2.75) is 29.9 Å². The lowest BCUT2D eigenvalue weighted by Gasteiger charge is -2.03. The summed E-state index contributed by atoms with van der Waals surface area (Å²) in [5, 5.41) is 9.80. The minimum absolute atomic E-state index is 0.113. The van der Waals surface area contributed by atoms with Crippen LogP contribution in [0.5, 0.6) is 0 Å². The number of esters is 1. The molecule has 9 heteroatoms. The lowest BCUT2D eigenvalue weighted by Crippen LogP contribution is -2.07. The van der Waals surface area contributed by atoms with Gasteiger partial charge < -0.3 is 9.15 Å². The van der Waals surface area contributed by atoms with Crippen molar-refractivity contribution in [1.29, 1.82) is 0 Å². The molecule has 0 amide bonds. The van der Waals surface area contributed by atoms with Gasteiger partial charge in [-0.05, 0) is 38.1 Å². The van der Waals surface area contributed by atoms with Crippen molar-refractivity contribution < 1.29 is 18.3 Å². The number of aromatic nitrogens is 3. The Morgan fingerprint density at radius 2 is 2.12 bits per heavy atom. The van der Waals surface area contributed by atoms with Gasteiger partial charge in [0.2, 0.25) is 11.8 Å². The molecule has 6 nitrogen and oxygen atoms in total. The van der Waals surface area contributed by atoms with E-state index in [1.807, 2.05) is 12.3 Å². The van der Waals surface area contributed by atoms with Crippen molar-refractivity contribution >= 4 is 29.1 Å². The number of thioether (sulfide) groups is 1. The van der Waals surface area contributed by atoms with Crippen molar-refractivity contribution in [2.75, 3.05) is 6.61 Å². The molecule has 0 saturated carbocycles. The molecule has 0 unspecified atom stereocenters. The number of halogens is 1. The number of benzene rings is 1. The first kappa shape index (κ1) is 18.5. The molecule has 0 aliphatic heterocycles. The van der Waals surface area contributed by atoms with Crippen LogP contribution in [-0.4, -0.2) is 27.8 Å². The second-order valence-electron chi connectivity index (χ2n) is 5.30. The summed E-state index contributed by atoms with van der Waals surface area (Å²) in [6.07, 6.45) is 0.161. The summed E-state index contributed by atoms with van der Waals surface area (Å²) in [5.41, 5.74) is 1.34. The zero-order valence-corrected chi connectivity index (χ0v) is 15.8. The van der Waals surface area contributed by atoms with Crippen LogP contribution in [0.4, 0.5) is 4.39 Å². The average molecular weight is 393 g/mol. The number of hydrogen-bond donors (Lipinski definition) is 0. The van der Waals surface area contributed by atoms with E-state index >= 15 is 0 Å². The van der Waals surface area contributed by atoms with Crippen LogP contribution in [0, 0.1) is 5.82 Å². The highest BCUT2D eigenvalue weighted by molar-refractivity contribution is 8.01. The van der Waals surface area contributed by atoms with Crippen molar-refractivity contribution in [3.05, 3.63) is 47.0 Å². The molecular formula is C17H16FN3O3S2. The van der Waals surface area contributed by atoms with Gasteiger partial charge in [-0.2, -0.15) is 0 Å². The number of hydrogen-bond acceptors (Lipinski definition) is 8. The van der Waals surface area contributed by atoms with Crippen LogP contribution in [-0.2, 0) is 16.0 Å². The first-order chi connectivity index (χ1) is 12.5. The number of carbonyl (C=O) groups excluding carboxylic acids is 1. The van der Waals surface area contributed by atoms with Crippen LogP contribution in [0.15, 0.2) is 38.4 Å². The van der Waals surface area contributed by atoms with Crippen LogP contribution in [0.2, 0.25) is 0 Å². The summed E-state index contributed by atoms with van der Waals surface area (Å²) >= 11 is 2.92. The third kappa shape index (κ3) is 4.67. The Hall–Kier alpha value is -2.26. The molecule has 0 bridgehead atoms. The van der Waals surface area contributed by atoms with E-state index in [0.717, 1.165) is 4.34 Å². The summed E-state index contributed by atoms with van der Waals surface area (Å²) in [6.45, 7) is 4.06. The molecule has 2 heterocycles. The van der Waals surface area contributed by atoms with Gasteiger partial charge in [0.25, 0.3) is 0 Å². The molecule has 0 radical (unpaired) electrons. The fourth-order valence-corrected chi connectivity index (χ4v) is 4.10. The number of rotatable bonds is 7. The summed E-state index contributed by atoms with van der Waals surface area (Å²) in [7, 11) is 0. The molecule has 3 aromatic rings. The predicted molar refractivity (Wildman–Crippen MR) is 96.4 cm³/mol. The Labute approximate surface area is 157 Å². The Kier molecular flexibility index (Phi) is 6.00. The predicted octanol–water partition coefficient (Wildman–Crippen LogP) is 4.29. The molecule has 0 spiro atoms. The molecule has 0 aliphatic carbocycles. The first-order valence-electron chi connectivity index (χ1n) is 7.91. The summed E-state index contributed by atoms with van der Waals surface area (Å²) in [5.74, 6) is 0.189. The number of carbonyl (C=O) groups is 1. The number of nitrogens with zero attached hydrogens (tertiary/aromatic N) is 3. The van der Waals surface area contributed by atoms with Gasteiger partial charge in [0.1, 0.15) is 5.82 Å². The van der Waals surface area contributed by atoms with Crippen LogP contribution in [0.25, 0.3) is 11.5 Å². The van der Waals surface area contributed by atoms with Crippen molar-refractivity contribution in [3.8, 4) is 11.5 Å². The van der Waals surface area contributed by atoms with E-state index in [1.165, 1.54) is 35.2 Å². The molecule has 0 saturated heterocycles. The quantitative estimate of drug-likeness (QED) is 0.438. The average Bonchev–Trinajstić information content (AvgIpc) is 3.25. The lowest BCUT2D eigenvalue weighted by molar-refractivity contribution is -0.142. The monoisotopic (exact) mass is 393 g/mol. The van der Waals surface area contributed by atoms with Crippen LogP contribution in [0.3, 0.4) is 0 Å². The van der Waals surface area contributed by atoms with E-state index in [9.17, 15) is 9.18 Å². The maximum absolute atomic E-state index is 13.0. The van der Waals surface area contributed by atoms with Crippen molar-refractivity contribution in [3.63, 3.8) is 0 Å². The topological polar surface area (TPSA) is 78.1 Å². The van der Waals surface area contributed by atoms with E-state index < -0.39 is 0 Å². The van der Waals surface area contributed by atoms with Crippen LogP contribution in [0.1, 0.15) is 30.7 Å². The maximum atomic E-state index is 13.0. The number of thiazole rings is 1. The molecule has 26 heavy (non-hydrogen) atoms. The number of ether oxygens (including phenoxy) is 1. The first-order valence-corrected chi connectivity index (χ1v) is 9.67. The zero-order valence-electron chi connectivity index (χ0n) is 14.1.